The summed E-state index contributed by atoms with van der Waals surface area (Å²) in [6.45, 7) is 3.92. The van der Waals surface area contributed by atoms with Gasteiger partial charge in [0, 0.05) is 61.6 Å². The molecule has 0 fully saturated rings. The second-order valence-corrected chi connectivity index (χ2v) is 7.28. The molecule has 4 aromatic heterocycles. The number of aromatic nitrogens is 6. The van der Waals surface area contributed by atoms with Gasteiger partial charge in [0.05, 0.1) is 36.1 Å². The first-order chi connectivity index (χ1) is 13.7. The van der Waals surface area contributed by atoms with Crippen LogP contribution in [0.5, 0.6) is 0 Å². The summed E-state index contributed by atoms with van der Waals surface area (Å²) in [7, 11) is 1.99. The molecule has 0 aromatic carbocycles. The Kier molecular flexibility index (Phi) is 4.09. The predicted octanol–water partition coefficient (Wildman–Crippen LogP) is 2.79. The van der Waals surface area contributed by atoms with E-state index in [1.807, 2.05) is 36.5 Å². The molecule has 5 heterocycles. The van der Waals surface area contributed by atoms with Gasteiger partial charge in [-0.1, -0.05) is 0 Å². The van der Waals surface area contributed by atoms with Crippen molar-refractivity contribution in [2.24, 2.45) is 7.05 Å². The van der Waals surface area contributed by atoms with Gasteiger partial charge in [-0.15, -0.1) is 0 Å². The van der Waals surface area contributed by atoms with Crippen molar-refractivity contribution >= 4 is 0 Å². The molecule has 0 aliphatic carbocycles. The molecule has 1 atom stereocenters. The van der Waals surface area contributed by atoms with Crippen molar-refractivity contribution in [3.63, 3.8) is 0 Å². The number of aromatic amines is 1. The summed E-state index contributed by atoms with van der Waals surface area (Å²) < 4.78 is 4.15. The summed E-state index contributed by atoms with van der Waals surface area (Å²) in [6, 6.07) is 8.43. The molecule has 0 saturated heterocycles. The summed E-state index contributed by atoms with van der Waals surface area (Å²) in [5, 5.41) is 4.48. The maximum atomic E-state index is 4.67. The van der Waals surface area contributed by atoms with E-state index in [1.165, 1.54) is 22.6 Å². The van der Waals surface area contributed by atoms with Crippen LogP contribution in [-0.2, 0) is 20.0 Å². The monoisotopic (exact) mass is 373 g/mol. The van der Waals surface area contributed by atoms with E-state index in [0.717, 1.165) is 30.9 Å². The normalized spacial score (nSPS) is 17.0. The van der Waals surface area contributed by atoms with Gasteiger partial charge < -0.3 is 9.55 Å². The Morgan fingerprint density at radius 3 is 2.93 bits per heavy atom. The van der Waals surface area contributed by atoms with Crippen LogP contribution in [0.1, 0.15) is 34.4 Å². The van der Waals surface area contributed by atoms with Crippen molar-refractivity contribution < 1.29 is 0 Å². The van der Waals surface area contributed by atoms with Gasteiger partial charge in [0.2, 0.25) is 0 Å². The fourth-order valence-corrected chi connectivity index (χ4v) is 4.12. The average Bonchev–Trinajstić information content (AvgIpc) is 3.45. The Labute approximate surface area is 163 Å². The molecule has 7 heteroatoms. The Morgan fingerprint density at radius 2 is 2.14 bits per heavy atom. The highest BCUT2D eigenvalue weighted by molar-refractivity contribution is 5.35. The number of hydrogen-bond acceptors (Lipinski definition) is 4. The molecule has 0 saturated carbocycles. The molecule has 7 nitrogen and oxygen atoms in total. The minimum atomic E-state index is 0.0981. The second-order valence-electron chi connectivity index (χ2n) is 7.28. The summed E-state index contributed by atoms with van der Waals surface area (Å²) in [4.78, 5) is 14.8. The van der Waals surface area contributed by atoms with Crippen LogP contribution in [0, 0.1) is 6.92 Å². The van der Waals surface area contributed by atoms with Crippen molar-refractivity contribution in [2.75, 3.05) is 6.54 Å². The van der Waals surface area contributed by atoms with Crippen LogP contribution in [0.2, 0.25) is 0 Å². The van der Waals surface area contributed by atoms with Crippen LogP contribution >= 0.6 is 0 Å². The first kappa shape index (κ1) is 16.9. The zero-order chi connectivity index (χ0) is 19.1. The van der Waals surface area contributed by atoms with Gasteiger partial charge in [-0.2, -0.15) is 5.10 Å². The summed E-state index contributed by atoms with van der Waals surface area (Å²) in [6.07, 6.45) is 10.6. The fourth-order valence-electron chi connectivity index (χ4n) is 4.12. The zero-order valence-corrected chi connectivity index (χ0v) is 16.1. The molecular formula is C21H23N7. The number of imidazole rings is 1. The van der Waals surface area contributed by atoms with Crippen molar-refractivity contribution in [3.8, 4) is 5.69 Å². The molecule has 1 aliphatic rings. The van der Waals surface area contributed by atoms with E-state index in [4.69, 9.17) is 0 Å². The van der Waals surface area contributed by atoms with E-state index in [1.54, 1.807) is 6.20 Å². The second kappa shape index (κ2) is 6.76. The molecule has 0 spiro atoms. The topological polar surface area (TPSA) is 67.6 Å². The van der Waals surface area contributed by atoms with Gasteiger partial charge in [-0.05, 0) is 31.2 Å². The van der Waals surface area contributed by atoms with E-state index >= 15 is 0 Å². The Balaban J connectivity index is 1.53. The lowest BCUT2D eigenvalue weighted by Crippen LogP contribution is -2.36. The van der Waals surface area contributed by atoms with Gasteiger partial charge in [-0.25, -0.2) is 4.98 Å². The number of nitrogens with one attached hydrogen (secondary N) is 1. The van der Waals surface area contributed by atoms with Gasteiger partial charge in [-0.3, -0.25) is 14.6 Å². The first-order valence-electron chi connectivity index (χ1n) is 9.53. The third-order valence-electron chi connectivity index (χ3n) is 5.71. The van der Waals surface area contributed by atoms with Crippen molar-refractivity contribution in [3.05, 3.63) is 83.7 Å². The molecule has 0 amide bonds. The largest absolute Gasteiger partial charge is 0.348 e. The molecule has 28 heavy (non-hydrogen) atoms. The van der Waals surface area contributed by atoms with Crippen molar-refractivity contribution in [2.45, 2.75) is 25.9 Å². The van der Waals surface area contributed by atoms with E-state index in [9.17, 15) is 0 Å². The number of pyridine rings is 1. The van der Waals surface area contributed by atoms with Gasteiger partial charge in [0.1, 0.15) is 0 Å². The third kappa shape index (κ3) is 2.75. The number of rotatable bonds is 4. The highest BCUT2D eigenvalue weighted by Gasteiger charge is 2.33. The summed E-state index contributed by atoms with van der Waals surface area (Å²) in [5.41, 5.74) is 7.05. The Morgan fingerprint density at radius 1 is 1.21 bits per heavy atom. The molecule has 1 aliphatic heterocycles. The molecule has 0 unspecified atom stereocenters. The molecule has 0 bridgehead atoms. The summed E-state index contributed by atoms with van der Waals surface area (Å²) in [5.74, 6) is 0. The van der Waals surface area contributed by atoms with Gasteiger partial charge in [0.15, 0.2) is 0 Å². The first-order valence-corrected chi connectivity index (χ1v) is 9.53. The number of H-pyrrole nitrogens is 1. The maximum absolute atomic E-state index is 4.67. The minimum absolute atomic E-state index is 0.0981. The van der Waals surface area contributed by atoms with Crippen molar-refractivity contribution in [1.29, 1.82) is 0 Å². The highest BCUT2D eigenvalue weighted by atomic mass is 15.3. The van der Waals surface area contributed by atoms with E-state index in [2.05, 4.69) is 60.8 Å². The number of fused-ring (bicyclic) bond motifs is 1. The fraction of sp³-hybridized carbons (Fsp3) is 0.286. The van der Waals surface area contributed by atoms with E-state index in [-0.39, 0.29) is 6.04 Å². The molecular weight excluding hydrogens is 350 g/mol. The zero-order valence-electron chi connectivity index (χ0n) is 16.1. The maximum Gasteiger partial charge on any atom is 0.0926 e. The molecule has 4 aromatic rings. The van der Waals surface area contributed by atoms with Crippen LogP contribution in [0.3, 0.4) is 0 Å². The van der Waals surface area contributed by atoms with Crippen LogP contribution in [0.15, 0.2) is 55.4 Å². The lowest BCUT2D eigenvalue weighted by Gasteiger charge is -2.35. The Bertz CT molecular complexity index is 1090. The molecule has 1 N–H and O–H groups in total. The number of aryl methyl sites for hydroxylation is 1. The van der Waals surface area contributed by atoms with Crippen molar-refractivity contribution in [1.82, 2.24) is 34.2 Å². The molecule has 142 valence electrons. The predicted molar refractivity (Wildman–Crippen MR) is 106 cm³/mol. The molecule has 0 radical (unpaired) electrons. The third-order valence-corrected chi connectivity index (χ3v) is 5.71. The molecule has 5 rings (SSSR count). The number of nitrogens with zero attached hydrogens (tertiary/aromatic N) is 6. The number of hydrogen-bond donors (Lipinski definition) is 1. The van der Waals surface area contributed by atoms with Gasteiger partial charge >= 0.3 is 0 Å². The van der Waals surface area contributed by atoms with Gasteiger partial charge in [0.25, 0.3) is 0 Å². The van der Waals surface area contributed by atoms with Crippen LogP contribution in [0.25, 0.3) is 5.69 Å². The Hall–Kier alpha value is -3.19. The van der Waals surface area contributed by atoms with E-state index in [0.29, 0.717) is 0 Å². The summed E-state index contributed by atoms with van der Waals surface area (Å²) >= 11 is 0. The highest BCUT2D eigenvalue weighted by Crippen LogP contribution is 2.35. The van der Waals surface area contributed by atoms with E-state index < -0.39 is 0 Å². The smallest absolute Gasteiger partial charge is 0.0926 e. The lowest BCUT2D eigenvalue weighted by molar-refractivity contribution is 0.196. The minimum Gasteiger partial charge on any atom is -0.348 e. The average molecular weight is 373 g/mol. The standard InChI is InChI=1S/C21H23N7/c1-15-18(12-25-26(15)2)21-20-19(23-14-24-20)7-10-27(21)13-17-6-4-9-28(17)16-5-3-8-22-11-16/h3-6,8-9,11-12,14,21H,7,10,13H2,1-2H3,(H,23,24)/t21-/m1/s1. The SMILES string of the molecule is Cc1c([C@@H]2c3nc[nH]c3CCN2Cc2cccn2-c2cccnc2)cnn1C. The van der Waals surface area contributed by atoms with Crippen LogP contribution < -0.4 is 0 Å². The van der Waals surface area contributed by atoms with Crippen LogP contribution in [-0.4, -0.2) is 40.7 Å². The quantitative estimate of drug-likeness (QED) is 0.597. The van der Waals surface area contributed by atoms with Crippen LogP contribution in [0.4, 0.5) is 0 Å². The lowest BCUT2D eigenvalue weighted by atomic mass is 9.96.